The molecule has 55 heavy (non-hydrogen) atoms. The molecule has 0 radical (unpaired) electrons. The molecule has 0 unspecified atom stereocenters. The average molecular weight is 754 g/mol. The van der Waals surface area contributed by atoms with Crippen LogP contribution in [0.4, 0.5) is 19.0 Å². The van der Waals surface area contributed by atoms with Crippen LogP contribution in [0.5, 0.6) is 11.8 Å². The number of nitrogens with zero attached hydrogens (tertiary/aromatic N) is 9. The van der Waals surface area contributed by atoms with Crippen molar-refractivity contribution in [3.8, 4) is 23.0 Å². The van der Waals surface area contributed by atoms with E-state index in [2.05, 4.69) is 10.00 Å². The molecule has 15 heteroatoms. The first-order chi connectivity index (χ1) is 26.5. The van der Waals surface area contributed by atoms with Gasteiger partial charge in [-0.1, -0.05) is 6.92 Å². The summed E-state index contributed by atoms with van der Waals surface area (Å²) in [7, 11) is 3.12. The molecule has 0 atom stereocenters. The molecular weight excluding hydrogens is 711 g/mol. The van der Waals surface area contributed by atoms with Gasteiger partial charge >= 0.3 is 6.01 Å². The number of aromatic hydroxyl groups is 1. The molecule has 3 aliphatic heterocycles. The molecule has 2 saturated heterocycles. The SMILES string of the molecule is CCc1c(F)ccc2c(F)c(O)cc(-c3c(C)c4nc(OCC56CCCN5CCC6)nc(N5CCCn6nc(C(=O)N(C)C)c(F)c6C5)c4c4ccnn34)c12. The highest BCUT2D eigenvalue weighted by molar-refractivity contribution is 6.08. The molecule has 4 aromatic heterocycles. The van der Waals surface area contributed by atoms with Crippen LogP contribution < -0.4 is 9.64 Å². The van der Waals surface area contributed by atoms with E-state index in [9.17, 15) is 9.90 Å². The van der Waals surface area contributed by atoms with Gasteiger partial charge in [0.15, 0.2) is 23.1 Å². The molecule has 0 spiro atoms. The standard InChI is InChI=1S/C40H42F3N9O3/c1-5-23-26(41)10-9-24-30(23)25(19-29(53)32(24)42)36-22(2)34-31(27-11-14-44-52(27)36)37(46-39(45-34)55-21-40-12-6-16-50(40)17-7-13-40)49-15-8-18-51-28(20-49)33(43)35(47-51)38(54)48(3)4/h9-11,14,19,53H,5-8,12-13,15-18,20-21H2,1-4H3. The Morgan fingerprint density at radius 1 is 1.00 bits per heavy atom. The van der Waals surface area contributed by atoms with E-state index in [0.29, 0.717) is 76.1 Å². The van der Waals surface area contributed by atoms with Crippen molar-refractivity contribution in [3.05, 3.63) is 70.4 Å². The number of anilines is 1. The zero-order valence-electron chi connectivity index (χ0n) is 31.3. The molecule has 3 aliphatic rings. The number of fused-ring (bicyclic) bond motifs is 6. The second-order valence-corrected chi connectivity index (χ2v) is 15.2. The molecule has 2 aromatic carbocycles. The van der Waals surface area contributed by atoms with Crippen LogP contribution in [0.1, 0.15) is 66.3 Å². The number of carbonyl (C=O) groups is 1. The predicted octanol–water partition coefficient (Wildman–Crippen LogP) is 6.41. The highest BCUT2D eigenvalue weighted by Crippen LogP contribution is 2.44. The summed E-state index contributed by atoms with van der Waals surface area (Å²) in [6.07, 6.45) is 6.73. The Labute approximate surface area is 315 Å². The summed E-state index contributed by atoms with van der Waals surface area (Å²) in [6, 6.07) is 5.86. The van der Waals surface area contributed by atoms with Crippen LogP contribution in [0.3, 0.4) is 0 Å². The zero-order valence-corrected chi connectivity index (χ0v) is 31.3. The van der Waals surface area contributed by atoms with Crippen molar-refractivity contribution in [2.24, 2.45) is 0 Å². The number of halogens is 3. The number of carbonyl (C=O) groups excluding carboxylic acids is 1. The fourth-order valence-electron chi connectivity index (χ4n) is 9.21. The fraction of sp³-hybridized carbons (Fsp3) is 0.425. The first-order valence-corrected chi connectivity index (χ1v) is 18.9. The van der Waals surface area contributed by atoms with E-state index in [1.165, 1.54) is 23.1 Å². The molecule has 286 valence electrons. The average Bonchev–Trinajstić information content (AvgIpc) is 3.94. The first-order valence-electron chi connectivity index (χ1n) is 18.9. The zero-order chi connectivity index (χ0) is 38.3. The Morgan fingerprint density at radius 3 is 2.53 bits per heavy atom. The number of pyridine rings is 1. The number of aromatic nitrogens is 6. The number of amides is 1. The monoisotopic (exact) mass is 753 g/mol. The highest BCUT2D eigenvalue weighted by atomic mass is 19.1. The van der Waals surface area contributed by atoms with E-state index in [1.54, 1.807) is 36.4 Å². The van der Waals surface area contributed by atoms with Crippen LogP contribution in [-0.4, -0.2) is 96.1 Å². The van der Waals surface area contributed by atoms with Crippen molar-refractivity contribution >= 4 is 38.9 Å². The number of aryl methyl sites for hydroxylation is 3. The van der Waals surface area contributed by atoms with Gasteiger partial charge in [-0.25, -0.2) is 17.7 Å². The van der Waals surface area contributed by atoms with Gasteiger partial charge in [-0.3, -0.25) is 14.4 Å². The number of phenolic OH excluding ortho intramolecular Hbond substituents is 1. The quantitative estimate of drug-likeness (QED) is 0.198. The first kappa shape index (κ1) is 35.3. The number of rotatable bonds is 7. The van der Waals surface area contributed by atoms with E-state index in [1.807, 2.05) is 17.9 Å². The molecular formula is C40H42F3N9O3. The molecule has 0 aliphatic carbocycles. The second kappa shape index (κ2) is 13.1. The van der Waals surface area contributed by atoms with Crippen LogP contribution in [0.15, 0.2) is 30.5 Å². The van der Waals surface area contributed by atoms with Gasteiger partial charge in [0, 0.05) is 49.1 Å². The summed E-state index contributed by atoms with van der Waals surface area (Å²) < 4.78 is 56.9. The lowest BCUT2D eigenvalue weighted by molar-refractivity contribution is 0.0816. The van der Waals surface area contributed by atoms with Crippen LogP contribution in [0.25, 0.3) is 38.4 Å². The summed E-state index contributed by atoms with van der Waals surface area (Å²) >= 11 is 0. The molecule has 1 amide bonds. The van der Waals surface area contributed by atoms with Crippen LogP contribution in [-0.2, 0) is 19.5 Å². The highest BCUT2D eigenvalue weighted by Gasteiger charge is 2.45. The third-order valence-corrected chi connectivity index (χ3v) is 11.9. The van der Waals surface area contributed by atoms with Crippen LogP contribution >= 0.6 is 0 Å². The Morgan fingerprint density at radius 2 is 1.78 bits per heavy atom. The van der Waals surface area contributed by atoms with Gasteiger partial charge < -0.3 is 19.6 Å². The number of benzene rings is 2. The number of hydrogen-bond donors (Lipinski definition) is 1. The number of hydrogen-bond acceptors (Lipinski definition) is 9. The second-order valence-electron chi connectivity index (χ2n) is 15.2. The van der Waals surface area contributed by atoms with Gasteiger partial charge in [0.1, 0.15) is 18.2 Å². The lowest BCUT2D eigenvalue weighted by Gasteiger charge is -2.31. The van der Waals surface area contributed by atoms with Gasteiger partial charge in [-0.15, -0.1) is 0 Å². The maximum Gasteiger partial charge on any atom is 0.319 e. The van der Waals surface area contributed by atoms with E-state index >= 15 is 13.2 Å². The Kier molecular flexibility index (Phi) is 8.40. The summed E-state index contributed by atoms with van der Waals surface area (Å²) in [5.74, 6) is -2.58. The predicted molar refractivity (Wildman–Crippen MR) is 201 cm³/mol. The van der Waals surface area contributed by atoms with Gasteiger partial charge in [0.25, 0.3) is 5.91 Å². The number of phenols is 1. The maximum absolute atomic E-state index is 16.1. The maximum atomic E-state index is 16.1. The normalized spacial score (nSPS) is 17.0. The van der Waals surface area contributed by atoms with E-state index in [4.69, 9.17) is 19.8 Å². The topological polar surface area (TPSA) is 117 Å². The lowest BCUT2D eigenvalue weighted by Crippen LogP contribution is -2.43. The molecule has 1 N–H and O–H groups in total. The van der Waals surface area contributed by atoms with Crippen molar-refractivity contribution in [3.63, 3.8) is 0 Å². The molecule has 9 rings (SSSR count). The molecule has 2 fully saturated rings. The summed E-state index contributed by atoms with van der Waals surface area (Å²) in [4.78, 5) is 28.8. The molecule has 12 nitrogen and oxygen atoms in total. The molecule has 7 heterocycles. The largest absolute Gasteiger partial charge is 0.505 e. The van der Waals surface area contributed by atoms with Gasteiger partial charge in [-0.2, -0.15) is 20.2 Å². The molecule has 0 saturated carbocycles. The molecule has 6 aromatic rings. The smallest absolute Gasteiger partial charge is 0.319 e. The van der Waals surface area contributed by atoms with Gasteiger partial charge in [0.2, 0.25) is 0 Å². The van der Waals surface area contributed by atoms with E-state index in [0.717, 1.165) is 38.8 Å². The Bertz CT molecular complexity index is 2540. The van der Waals surface area contributed by atoms with Crippen LogP contribution in [0, 0.1) is 24.4 Å². The van der Waals surface area contributed by atoms with Gasteiger partial charge in [0.05, 0.1) is 46.1 Å². The van der Waals surface area contributed by atoms with Gasteiger partial charge in [-0.05, 0) is 88.4 Å². The minimum atomic E-state index is -0.834. The minimum absolute atomic E-state index is 0.0690. The lowest BCUT2D eigenvalue weighted by atomic mass is 9.92. The summed E-state index contributed by atoms with van der Waals surface area (Å²) in [5, 5.41) is 21.0. The Hall–Kier alpha value is -5.44. The third-order valence-electron chi connectivity index (χ3n) is 11.9. The fourth-order valence-corrected chi connectivity index (χ4v) is 9.21. The Balaban J connectivity index is 1.28. The van der Waals surface area contributed by atoms with Crippen LogP contribution in [0.2, 0.25) is 0 Å². The van der Waals surface area contributed by atoms with E-state index in [-0.39, 0.29) is 41.3 Å². The number of ether oxygens (including phenoxy) is 1. The third kappa shape index (κ3) is 5.40. The summed E-state index contributed by atoms with van der Waals surface area (Å²) in [5.41, 5.74) is 2.88. The van der Waals surface area contributed by atoms with Crippen molar-refractivity contribution in [1.82, 2.24) is 39.2 Å². The summed E-state index contributed by atoms with van der Waals surface area (Å²) in [6.45, 7) is 7.08. The van der Waals surface area contributed by atoms with Crippen molar-refractivity contribution in [2.45, 2.75) is 71.0 Å². The molecule has 0 bridgehead atoms. The minimum Gasteiger partial charge on any atom is -0.505 e. The van der Waals surface area contributed by atoms with Crippen molar-refractivity contribution in [2.75, 3.05) is 45.2 Å². The van der Waals surface area contributed by atoms with E-state index < -0.39 is 29.1 Å². The van der Waals surface area contributed by atoms with Crippen molar-refractivity contribution in [1.29, 1.82) is 0 Å². The van der Waals surface area contributed by atoms with Crippen molar-refractivity contribution < 1.29 is 27.8 Å².